The molecule has 7 heteroatoms. The number of hydrogen-bond donors (Lipinski definition) is 0. The molecule has 4 aromatic rings. The molecule has 0 saturated carbocycles. The summed E-state index contributed by atoms with van der Waals surface area (Å²) in [4.78, 5) is 7.92. The maximum absolute atomic E-state index is 5.07. The van der Waals surface area contributed by atoms with Crippen LogP contribution in [0.25, 0.3) is 22.2 Å². The first-order chi connectivity index (χ1) is 14.1. The quantitative estimate of drug-likeness (QED) is 0.158. The maximum Gasteiger partial charge on any atom is 0.152 e. The number of nitrogens with zero attached hydrogens (tertiary/aromatic N) is 2. The van der Waals surface area contributed by atoms with Crippen molar-refractivity contribution >= 4 is 68.6 Å². The Bertz CT molecular complexity index is 827. The topological polar surface area (TPSA) is 52.1 Å². The van der Waals surface area contributed by atoms with Gasteiger partial charge in [-0.1, -0.05) is 24.3 Å². The maximum atomic E-state index is 5.07. The predicted molar refractivity (Wildman–Crippen MR) is 124 cm³/mol. The van der Waals surface area contributed by atoms with E-state index >= 15 is 0 Å². The normalized spacial score (nSPS) is 10.0. The van der Waals surface area contributed by atoms with Crippen LogP contribution in [0.4, 0.5) is 0 Å². The van der Waals surface area contributed by atoms with Gasteiger partial charge in [0.15, 0.2) is 11.2 Å². The summed E-state index contributed by atoms with van der Waals surface area (Å²) in [5, 5.41) is 0.613. The van der Waals surface area contributed by atoms with Crippen molar-refractivity contribution in [1.29, 1.82) is 0 Å². The SMILES string of the molecule is CCC[CH2][Sn+2][CH2]CCC.[S-]c1nc2ccccc2o1.[S-]c1nc2ccccc2o1. The molecule has 0 aliphatic rings. The van der Waals surface area contributed by atoms with Crippen molar-refractivity contribution < 1.29 is 8.83 Å². The van der Waals surface area contributed by atoms with Crippen LogP contribution in [0.3, 0.4) is 0 Å². The average Bonchev–Trinajstić information content (AvgIpc) is 3.29. The molecule has 0 fully saturated rings. The van der Waals surface area contributed by atoms with E-state index in [2.05, 4.69) is 23.8 Å². The largest absolute Gasteiger partial charge is 0.721 e. The van der Waals surface area contributed by atoms with Crippen LogP contribution in [0, 0.1) is 0 Å². The van der Waals surface area contributed by atoms with E-state index in [9.17, 15) is 0 Å². The van der Waals surface area contributed by atoms with Crippen LogP contribution in [-0.2, 0) is 25.3 Å². The summed E-state index contributed by atoms with van der Waals surface area (Å²) in [5.41, 5.74) is 3.17. The molecule has 0 radical (unpaired) electrons. The molecule has 2 aromatic heterocycles. The fraction of sp³-hybridized carbons (Fsp3) is 0.364. The van der Waals surface area contributed by atoms with Gasteiger partial charge in [0, 0.05) is 0 Å². The summed E-state index contributed by atoms with van der Waals surface area (Å²) in [5.74, 6) is 0. The number of aromatic nitrogens is 2. The molecule has 2 aromatic carbocycles. The Morgan fingerprint density at radius 3 is 1.52 bits per heavy atom. The zero-order valence-electron chi connectivity index (χ0n) is 16.9. The van der Waals surface area contributed by atoms with E-state index in [-0.39, 0.29) is 21.1 Å². The average molecular weight is 533 g/mol. The van der Waals surface area contributed by atoms with Crippen LogP contribution < -0.4 is 0 Å². The number of benzene rings is 2. The first kappa shape index (κ1) is 23.9. The van der Waals surface area contributed by atoms with Gasteiger partial charge in [-0.25, -0.2) is 9.97 Å². The molecule has 29 heavy (non-hydrogen) atoms. The van der Waals surface area contributed by atoms with Gasteiger partial charge in [0.05, 0.1) is 10.4 Å². The molecule has 0 bridgehead atoms. The van der Waals surface area contributed by atoms with Crippen molar-refractivity contribution in [2.24, 2.45) is 0 Å². The van der Waals surface area contributed by atoms with Gasteiger partial charge in [0.1, 0.15) is 11.0 Å². The summed E-state index contributed by atoms with van der Waals surface area (Å²) in [6.45, 7) is 4.58. The number of fused-ring (bicyclic) bond motifs is 2. The first-order valence-corrected chi connectivity index (χ1v) is 14.7. The van der Waals surface area contributed by atoms with E-state index < -0.39 is 0 Å². The van der Waals surface area contributed by atoms with E-state index in [0.29, 0.717) is 10.4 Å². The van der Waals surface area contributed by atoms with Crippen LogP contribution in [-0.4, -0.2) is 31.1 Å². The zero-order chi connectivity index (χ0) is 20.9. The fourth-order valence-electron chi connectivity index (χ4n) is 2.43. The molecule has 0 N–H and O–H groups in total. The van der Waals surface area contributed by atoms with Gasteiger partial charge in [0.2, 0.25) is 0 Å². The summed E-state index contributed by atoms with van der Waals surface area (Å²) in [7, 11) is 0. The van der Waals surface area contributed by atoms with Crippen LogP contribution in [0.5, 0.6) is 0 Å². The Labute approximate surface area is 193 Å². The second kappa shape index (κ2) is 13.8. The number of oxazole rings is 2. The van der Waals surface area contributed by atoms with E-state index in [1.165, 1.54) is 25.7 Å². The van der Waals surface area contributed by atoms with Crippen molar-refractivity contribution in [2.45, 2.75) is 58.8 Å². The van der Waals surface area contributed by atoms with Crippen molar-refractivity contribution in [2.75, 3.05) is 0 Å². The molecule has 0 aliphatic carbocycles. The molecule has 152 valence electrons. The Balaban J connectivity index is 0.000000156. The third-order valence-corrected chi connectivity index (χ3v) is 8.35. The van der Waals surface area contributed by atoms with Gasteiger partial charge >= 0.3 is 69.5 Å². The monoisotopic (exact) mass is 534 g/mol. The fourth-order valence-corrected chi connectivity index (χ4v) is 6.97. The Kier molecular flexibility index (Phi) is 11.3. The van der Waals surface area contributed by atoms with Gasteiger partial charge in [0.25, 0.3) is 0 Å². The number of hydrogen-bond acceptors (Lipinski definition) is 6. The second-order valence-corrected chi connectivity index (χ2v) is 11.3. The third-order valence-electron chi connectivity index (χ3n) is 3.96. The first-order valence-electron chi connectivity index (χ1n) is 9.90. The van der Waals surface area contributed by atoms with Crippen LogP contribution in [0.2, 0.25) is 8.87 Å². The van der Waals surface area contributed by atoms with Crippen LogP contribution in [0.15, 0.2) is 67.8 Å². The van der Waals surface area contributed by atoms with E-state index in [0.717, 1.165) is 22.2 Å². The van der Waals surface area contributed by atoms with E-state index in [1.807, 2.05) is 48.5 Å². The molecule has 0 spiro atoms. The Morgan fingerprint density at radius 1 is 0.724 bits per heavy atom. The van der Waals surface area contributed by atoms with Crippen LogP contribution in [0.1, 0.15) is 39.5 Å². The zero-order valence-corrected chi connectivity index (χ0v) is 21.4. The van der Waals surface area contributed by atoms with Crippen molar-refractivity contribution in [1.82, 2.24) is 9.97 Å². The number of para-hydroxylation sites is 4. The summed E-state index contributed by atoms with van der Waals surface area (Å²) in [6.07, 6.45) is 5.84. The van der Waals surface area contributed by atoms with Gasteiger partial charge in [-0.15, -0.1) is 0 Å². The minimum Gasteiger partial charge on any atom is -0.721 e. The smallest absolute Gasteiger partial charge is 0.152 e. The molecule has 0 unspecified atom stereocenters. The van der Waals surface area contributed by atoms with E-state index in [1.54, 1.807) is 8.87 Å². The van der Waals surface area contributed by atoms with Gasteiger partial charge in [-0.2, -0.15) is 0 Å². The molecule has 0 amide bonds. The van der Waals surface area contributed by atoms with Crippen molar-refractivity contribution in [3.05, 3.63) is 48.5 Å². The van der Waals surface area contributed by atoms with Gasteiger partial charge in [-0.3, -0.25) is 0 Å². The minimum atomic E-state index is 0.149. The summed E-state index contributed by atoms with van der Waals surface area (Å²) < 4.78 is 13.4. The van der Waals surface area contributed by atoms with Gasteiger partial charge < -0.3 is 34.1 Å². The van der Waals surface area contributed by atoms with E-state index in [4.69, 9.17) is 34.1 Å². The molecule has 0 aliphatic heterocycles. The van der Waals surface area contributed by atoms with Crippen molar-refractivity contribution in [3.63, 3.8) is 0 Å². The molecular formula is C22H26N2O2S2Sn. The van der Waals surface area contributed by atoms with Crippen molar-refractivity contribution in [3.8, 4) is 0 Å². The molecule has 0 atom stereocenters. The standard InChI is InChI=1S/2C7H5NOS.2C4H9.Sn/c2*10-7-8-5-3-1-2-4-6(5)9-7;2*1-3-4-2;/h2*1-4H,(H,8,10);2*1,3-4H2,2H3;/q;;;;+2/p-2. The molecule has 4 rings (SSSR count). The molecule has 0 saturated heterocycles. The molecule has 2 heterocycles. The Morgan fingerprint density at radius 2 is 1.14 bits per heavy atom. The number of rotatable bonds is 6. The Hall–Kier alpha value is -1.38. The summed E-state index contributed by atoms with van der Waals surface area (Å²) >= 11 is 9.62. The molecule has 4 nitrogen and oxygen atoms in total. The number of unbranched alkanes of at least 4 members (excludes halogenated alkanes) is 2. The third kappa shape index (κ3) is 8.88. The predicted octanol–water partition coefficient (Wildman–Crippen LogP) is 6.59. The van der Waals surface area contributed by atoms with Crippen LogP contribution >= 0.6 is 0 Å². The molecular weight excluding hydrogens is 507 g/mol. The van der Waals surface area contributed by atoms with Gasteiger partial charge in [-0.05, 0) is 24.3 Å². The minimum absolute atomic E-state index is 0.149. The summed E-state index contributed by atoms with van der Waals surface area (Å²) in [6, 6.07) is 15.0. The second-order valence-electron chi connectivity index (χ2n) is 6.35.